The van der Waals surface area contributed by atoms with Crippen LogP contribution in [-0.2, 0) is 47.9 Å². The Morgan fingerprint density at radius 3 is 2.00 bits per heavy atom. The van der Waals surface area contributed by atoms with Gasteiger partial charge in [-0.25, -0.2) is 14.4 Å². The monoisotopic (exact) mass is 853 g/mol. The third-order valence-corrected chi connectivity index (χ3v) is 10.4. The topological polar surface area (TPSA) is 361 Å². The molecule has 1 aliphatic rings. The Morgan fingerprint density at radius 2 is 1.46 bits per heavy atom. The van der Waals surface area contributed by atoms with Gasteiger partial charge in [0.15, 0.2) is 5.11 Å². The zero-order chi connectivity index (χ0) is 43.0. The molecule has 314 valence electrons. The Balaban J connectivity index is 2.58. The number of rotatable bonds is 26. The van der Waals surface area contributed by atoms with Crippen molar-refractivity contribution in [3.63, 3.8) is 0 Å². The normalized spacial score (nSPS) is 17.6. The van der Waals surface area contributed by atoms with Gasteiger partial charge in [0.05, 0.1) is 11.7 Å². The molecule has 12 N–H and O–H groups in total. The SMILES string of the molecule is C[C@@](CCC(=O)O)(NC(=S)N[C@@](C)(CSC1CC(=O)N(CCCCCC(=O)NC[C@H](N)C(=O)N[C@@H](CC(=O)O)C(=O)N[C@@H](CS)C(=O)O)C1=O)C(=O)O)C(=O)O. The van der Waals surface area contributed by atoms with Gasteiger partial charge in [0.2, 0.25) is 29.5 Å². The summed E-state index contributed by atoms with van der Waals surface area (Å²) in [4.78, 5) is 121. The zero-order valence-electron chi connectivity index (χ0n) is 30.4. The van der Waals surface area contributed by atoms with Gasteiger partial charge in [0.1, 0.15) is 29.2 Å². The van der Waals surface area contributed by atoms with Gasteiger partial charge >= 0.3 is 29.8 Å². The summed E-state index contributed by atoms with van der Waals surface area (Å²) in [6, 6.07) is -4.51. The molecule has 0 aromatic rings. The Bertz CT molecular complexity index is 1550. The lowest BCUT2D eigenvalue weighted by Crippen LogP contribution is -2.62. The molecule has 56 heavy (non-hydrogen) atoms. The van der Waals surface area contributed by atoms with Gasteiger partial charge in [-0.15, -0.1) is 11.8 Å². The molecule has 1 heterocycles. The fourth-order valence-corrected chi connectivity index (χ4v) is 6.76. The van der Waals surface area contributed by atoms with Gasteiger partial charge < -0.3 is 57.9 Å². The van der Waals surface area contributed by atoms with Gasteiger partial charge in [0, 0.05) is 43.9 Å². The van der Waals surface area contributed by atoms with Crippen LogP contribution < -0.4 is 32.3 Å². The minimum atomic E-state index is -1.83. The van der Waals surface area contributed by atoms with E-state index in [0.717, 1.165) is 16.7 Å². The quantitative estimate of drug-likeness (QED) is 0.0183. The highest BCUT2D eigenvalue weighted by atomic mass is 32.2. The molecular formula is C31H47N7O15S3. The fourth-order valence-electron chi connectivity index (χ4n) is 4.81. The number of aliphatic carboxylic acids is 5. The van der Waals surface area contributed by atoms with Crippen LogP contribution in [0.3, 0.4) is 0 Å². The van der Waals surface area contributed by atoms with Gasteiger partial charge in [0.25, 0.3) is 0 Å². The summed E-state index contributed by atoms with van der Waals surface area (Å²) in [5, 5.41) is 56.9. The number of carbonyl (C=O) groups is 10. The van der Waals surface area contributed by atoms with Crippen LogP contribution in [0.4, 0.5) is 0 Å². The molecule has 0 aliphatic carbocycles. The first kappa shape index (κ1) is 49.3. The summed E-state index contributed by atoms with van der Waals surface area (Å²) in [5.41, 5.74) is 2.11. The van der Waals surface area contributed by atoms with Gasteiger partial charge in [-0.1, -0.05) is 6.42 Å². The van der Waals surface area contributed by atoms with E-state index < -0.39 is 107 Å². The van der Waals surface area contributed by atoms with Crippen molar-refractivity contribution in [2.75, 3.05) is 24.6 Å². The molecule has 1 saturated heterocycles. The molecule has 0 aromatic heterocycles. The Hall–Kier alpha value is -4.75. The van der Waals surface area contributed by atoms with E-state index in [-0.39, 0.29) is 49.0 Å². The summed E-state index contributed by atoms with van der Waals surface area (Å²) < 4.78 is 0. The number of amides is 5. The molecule has 22 nitrogen and oxygen atoms in total. The van der Waals surface area contributed by atoms with Crippen LogP contribution >= 0.6 is 36.6 Å². The van der Waals surface area contributed by atoms with E-state index in [1.165, 1.54) is 13.8 Å². The number of nitrogens with zero attached hydrogens (tertiary/aromatic N) is 1. The number of carboxylic acids is 5. The number of nitrogens with two attached hydrogens (primary N) is 1. The molecule has 1 aliphatic heterocycles. The summed E-state index contributed by atoms with van der Waals surface area (Å²) >= 11 is 9.81. The Kier molecular flexibility index (Phi) is 20.0. The number of hydrogen-bond acceptors (Lipinski definition) is 14. The number of thiocarbonyl (C=S) groups is 1. The Labute approximate surface area is 335 Å². The third kappa shape index (κ3) is 16.2. The molecular weight excluding hydrogens is 807 g/mol. The van der Waals surface area contributed by atoms with E-state index in [9.17, 15) is 58.2 Å². The number of likely N-dealkylation sites (tertiary alicyclic amines) is 1. The van der Waals surface area contributed by atoms with E-state index in [0.29, 0.717) is 19.3 Å². The molecule has 0 bridgehead atoms. The lowest BCUT2D eigenvalue weighted by molar-refractivity contribution is -0.145. The smallest absolute Gasteiger partial charge is 0.329 e. The number of nitrogens with one attached hydrogen (secondary N) is 5. The van der Waals surface area contributed by atoms with Gasteiger partial charge in [-0.05, 0) is 45.3 Å². The summed E-state index contributed by atoms with van der Waals surface area (Å²) in [6.07, 6.45) is -0.943. The van der Waals surface area contributed by atoms with Crippen molar-refractivity contribution >= 4 is 101 Å². The zero-order valence-corrected chi connectivity index (χ0v) is 32.9. The van der Waals surface area contributed by atoms with Crippen molar-refractivity contribution in [1.82, 2.24) is 31.5 Å². The molecule has 25 heteroatoms. The number of thiol groups is 1. The van der Waals surface area contributed by atoms with Crippen LogP contribution in [-0.4, -0.2) is 154 Å². The van der Waals surface area contributed by atoms with Crippen molar-refractivity contribution in [2.45, 2.75) is 99.7 Å². The first-order chi connectivity index (χ1) is 26.0. The molecule has 0 aromatic carbocycles. The van der Waals surface area contributed by atoms with Crippen LogP contribution in [0, 0.1) is 0 Å². The highest BCUT2D eigenvalue weighted by Crippen LogP contribution is 2.28. The maximum Gasteiger partial charge on any atom is 0.329 e. The van der Waals surface area contributed by atoms with Crippen molar-refractivity contribution in [3.8, 4) is 0 Å². The number of unbranched alkanes of at least 4 members (excludes halogenated alkanes) is 2. The molecule has 1 fully saturated rings. The Morgan fingerprint density at radius 1 is 0.875 bits per heavy atom. The molecule has 1 rings (SSSR count). The fraction of sp³-hybridized carbons (Fsp3) is 0.645. The number of imide groups is 1. The predicted octanol–water partition coefficient (Wildman–Crippen LogP) is -2.67. The first-order valence-electron chi connectivity index (χ1n) is 16.9. The van der Waals surface area contributed by atoms with Gasteiger partial charge in [-0.3, -0.25) is 38.5 Å². The maximum atomic E-state index is 13.0. The maximum absolute atomic E-state index is 13.0. The number of hydrogen-bond donors (Lipinski definition) is 12. The van der Waals surface area contributed by atoms with E-state index >= 15 is 0 Å². The second kappa shape index (κ2) is 22.7. The average Bonchev–Trinajstić information content (AvgIpc) is 3.37. The number of carbonyl (C=O) groups excluding carboxylic acids is 5. The van der Waals surface area contributed by atoms with Crippen molar-refractivity contribution in [2.24, 2.45) is 5.73 Å². The van der Waals surface area contributed by atoms with Gasteiger partial charge in [-0.2, -0.15) is 12.6 Å². The minimum Gasteiger partial charge on any atom is -0.481 e. The van der Waals surface area contributed by atoms with Crippen LogP contribution in [0.2, 0.25) is 0 Å². The van der Waals surface area contributed by atoms with Crippen LogP contribution in [0.15, 0.2) is 0 Å². The standard InChI is InChI=1S/C31H47N7O15S3/c1-30(27(50)51,8-7-21(41)42)36-29(55)37-31(2,28(52)53)14-56-18-11-20(40)38(25(18)47)9-5-3-4-6-19(39)33-12-15(32)23(45)34-16(10-22(43)44)24(46)35-17(13-54)26(48)49/h15-18,54H,3-14,32H2,1-2H3,(H,33,39)(H,34,45)(H,35,46)(H,41,42)(H,43,44)(H,48,49)(H,50,51)(H,52,53)(H2,36,37,55)/t15-,16-,17-,18?,30-,31-/m0/s1. The van der Waals surface area contributed by atoms with Crippen LogP contribution in [0.1, 0.15) is 65.2 Å². The number of thioether (sulfide) groups is 1. The van der Waals surface area contributed by atoms with Crippen molar-refractivity contribution in [1.29, 1.82) is 0 Å². The highest BCUT2D eigenvalue weighted by Gasteiger charge is 2.43. The minimum absolute atomic E-state index is 0.0261. The average molecular weight is 854 g/mol. The second-order valence-electron chi connectivity index (χ2n) is 13.1. The summed E-state index contributed by atoms with van der Waals surface area (Å²) in [7, 11) is 0. The van der Waals surface area contributed by atoms with E-state index in [4.69, 9.17) is 33.3 Å². The third-order valence-electron chi connectivity index (χ3n) is 8.29. The number of carboxylic acid groups (broad SMARTS) is 5. The molecule has 1 unspecified atom stereocenters. The van der Waals surface area contributed by atoms with Crippen molar-refractivity contribution < 1.29 is 73.5 Å². The molecule has 0 saturated carbocycles. The summed E-state index contributed by atoms with van der Waals surface area (Å²) in [6.45, 7) is 2.08. The second-order valence-corrected chi connectivity index (χ2v) is 15.1. The molecule has 6 atom stereocenters. The molecule has 5 amide bonds. The summed E-state index contributed by atoms with van der Waals surface area (Å²) in [5.74, 6) is -11.1. The van der Waals surface area contributed by atoms with Crippen molar-refractivity contribution in [3.05, 3.63) is 0 Å². The van der Waals surface area contributed by atoms with E-state index in [2.05, 4.69) is 39.2 Å². The lowest BCUT2D eigenvalue weighted by Gasteiger charge is -2.32. The molecule has 0 radical (unpaired) electrons. The molecule has 0 spiro atoms. The largest absolute Gasteiger partial charge is 0.481 e. The predicted molar refractivity (Wildman–Crippen MR) is 202 cm³/mol. The first-order valence-corrected chi connectivity index (χ1v) is 19.0. The lowest BCUT2D eigenvalue weighted by atomic mass is 9.96. The van der Waals surface area contributed by atoms with E-state index in [1.54, 1.807) is 0 Å². The highest BCUT2D eigenvalue weighted by molar-refractivity contribution is 8.00. The van der Waals surface area contributed by atoms with Crippen LogP contribution in [0.5, 0.6) is 0 Å². The van der Waals surface area contributed by atoms with E-state index in [1.807, 2.05) is 0 Å². The van der Waals surface area contributed by atoms with Crippen LogP contribution in [0.25, 0.3) is 0 Å².